The van der Waals surface area contributed by atoms with Crippen molar-refractivity contribution in [2.24, 2.45) is 5.92 Å². The van der Waals surface area contributed by atoms with Crippen molar-refractivity contribution in [3.63, 3.8) is 0 Å². The van der Waals surface area contributed by atoms with Crippen LogP contribution in [0.4, 0.5) is 0 Å². The van der Waals surface area contributed by atoms with E-state index in [0.29, 0.717) is 16.6 Å². The lowest BCUT2D eigenvalue weighted by molar-refractivity contribution is -0.151. The summed E-state index contributed by atoms with van der Waals surface area (Å²) in [6.07, 6.45) is -0.00186. The zero-order chi connectivity index (χ0) is 18.1. The number of hydrazine groups is 1. The number of esters is 1. The molecule has 25 heavy (non-hydrogen) atoms. The van der Waals surface area contributed by atoms with Crippen molar-refractivity contribution < 1.29 is 19.1 Å². The molecule has 0 radical (unpaired) electrons. The molecule has 2 aromatic rings. The number of fused-ring (bicyclic) bond motifs is 1. The van der Waals surface area contributed by atoms with Gasteiger partial charge in [-0.15, -0.1) is 0 Å². The minimum absolute atomic E-state index is 0.00186. The Morgan fingerprint density at radius 2 is 1.88 bits per heavy atom. The fourth-order valence-corrected chi connectivity index (χ4v) is 2.73. The van der Waals surface area contributed by atoms with E-state index in [0.717, 1.165) is 16.4 Å². The molecule has 1 aromatic heterocycles. The van der Waals surface area contributed by atoms with Crippen LogP contribution < -0.4 is 5.43 Å². The zero-order valence-electron chi connectivity index (χ0n) is 14.2. The van der Waals surface area contributed by atoms with E-state index >= 15 is 0 Å². The quantitative estimate of drug-likeness (QED) is 0.814. The minimum Gasteiger partial charge on any atom is -0.469 e. The van der Waals surface area contributed by atoms with Crippen LogP contribution in [-0.4, -0.2) is 46.4 Å². The monoisotopic (exact) mass is 342 g/mol. The van der Waals surface area contributed by atoms with E-state index in [4.69, 9.17) is 0 Å². The first-order valence-corrected chi connectivity index (χ1v) is 7.83. The van der Waals surface area contributed by atoms with Crippen molar-refractivity contribution in [2.75, 3.05) is 13.7 Å². The topological polar surface area (TPSA) is 101 Å². The number of nitrogens with zero attached hydrogens (tertiary/aromatic N) is 3. The summed E-state index contributed by atoms with van der Waals surface area (Å²) in [7, 11) is 1.26. The number of amides is 2. The van der Waals surface area contributed by atoms with Crippen LogP contribution in [-0.2, 0) is 14.3 Å². The van der Waals surface area contributed by atoms with Gasteiger partial charge in [0.15, 0.2) is 0 Å². The number of carbonyl (C=O) groups is 3. The van der Waals surface area contributed by atoms with Crippen LogP contribution in [0, 0.1) is 19.8 Å². The van der Waals surface area contributed by atoms with Crippen LogP contribution >= 0.6 is 0 Å². The lowest BCUT2D eigenvalue weighted by Crippen LogP contribution is -2.54. The number of carbonyl (C=O) groups excluding carboxylic acids is 3. The molecule has 8 nitrogen and oxygen atoms in total. The Hall–Kier alpha value is -3.03. The van der Waals surface area contributed by atoms with E-state index in [1.807, 2.05) is 13.8 Å². The van der Waals surface area contributed by atoms with Crippen molar-refractivity contribution in [3.05, 3.63) is 35.2 Å². The van der Waals surface area contributed by atoms with Crippen molar-refractivity contribution in [3.8, 4) is 0 Å². The summed E-state index contributed by atoms with van der Waals surface area (Å²) in [5.41, 5.74) is 5.75. The predicted octanol–water partition coefficient (Wildman–Crippen LogP) is 0.913. The Morgan fingerprint density at radius 3 is 2.56 bits per heavy atom. The molecular weight excluding hydrogens is 324 g/mol. The highest BCUT2D eigenvalue weighted by Crippen LogP contribution is 2.18. The summed E-state index contributed by atoms with van der Waals surface area (Å²) in [5.74, 6) is -2.00. The average molecular weight is 342 g/mol. The van der Waals surface area contributed by atoms with Crippen LogP contribution in [0.3, 0.4) is 0 Å². The molecule has 2 amide bonds. The van der Waals surface area contributed by atoms with Gasteiger partial charge in [0.05, 0.1) is 42.0 Å². The van der Waals surface area contributed by atoms with Gasteiger partial charge in [0.1, 0.15) is 0 Å². The number of aryl methyl sites for hydroxylation is 2. The molecule has 2 heterocycles. The summed E-state index contributed by atoms with van der Waals surface area (Å²) in [5, 5.41) is 1.14. The predicted molar refractivity (Wildman–Crippen MR) is 88.3 cm³/mol. The number of methoxy groups -OCH3 is 1. The van der Waals surface area contributed by atoms with Gasteiger partial charge in [-0.05, 0) is 32.0 Å². The molecule has 1 unspecified atom stereocenters. The number of hydrogen-bond acceptors (Lipinski definition) is 6. The van der Waals surface area contributed by atoms with E-state index < -0.39 is 23.7 Å². The Labute approximate surface area is 144 Å². The molecule has 0 spiro atoms. The first-order valence-electron chi connectivity index (χ1n) is 7.83. The van der Waals surface area contributed by atoms with Crippen LogP contribution in [0.5, 0.6) is 0 Å². The number of rotatable bonds is 2. The number of aromatic nitrogens is 2. The Balaban J connectivity index is 1.89. The molecule has 8 heteroatoms. The second-order valence-electron chi connectivity index (χ2n) is 5.97. The van der Waals surface area contributed by atoms with Crippen molar-refractivity contribution in [2.45, 2.75) is 20.3 Å². The molecule has 1 saturated heterocycles. The molecule has 130 valence electrons. The van der Waals surface area contributed by atoms with Gasteiger partial charge < -0.3 is 4.74 Å². The fraction of sp³-hybridized carbons (Fsp3) is 0.353. The summed E-state index contributed by atoms with van der Waals surface area (Å²) >= 11 is 0. The maximum absolute atomic E-state index is 12.7. The van der Waals surface area contributed by atoms with Gasteiger partial charge in [-0.25, -0.2) is 15.0 Å². The van der Waals surface area contributed by atoms with Gasteiger partial charge >= 0.3 is 5.97 Å². The minimum atomic E-state index is -0.673. The number of benzene rings is 1. The Kier molecular flexibility index (Phi) is 4.35. The van der Waals surface area contributed by atoms with Crippen LogP contribution in [0.15, 0.2) is 18.2 Å². The second kappa shape index (κ2) is 6.46. The van der Waals surface area contributed by atoms with Gasteiger partial charge in [0.25, 0.3) is 5.91 Å². The lowest BCUT2D eigenvalue weighted by Gasteiger charge is -2.31. The van der Waals surface area contributed by atoms with Gasteiger partial charge in [-0.1, -0.05) is 0 Å². The molecule has 0 saturated carbocycles. The van der Waals surface area contributed by atoms with E-state index in [2.05, 4.69) is 20.1 Å². The smallest absolute Gasteiger partial charge is 0.311 e. The Morgan fingerprint density at radius 1 is 1.20 bits per heavy atom. The number of nitrogens with one attached hydrogen (secondary N) is 1. The van der Waals surface area contributed by atoms with Crippen LogP contribution in [0.25, 0.3) is 11.0 Å². The first kappa shape index (κ1) is 16.8. The van der Waals surface area contributed by atoms with E-state index in [-0.39, 0.29) is 13.0 Å². The van der Waals surface area contributed by atoms with E-state index in [1.165, 1.54) is 7.11 Å². The van der Waals surface area contributed by atoms with Crippen LogP contribution in [0.2, 0.25) is 0 Å². The number of ether oxygens (including phenoxy) is 1. The van der Waals surface area contributed by atoms with Crippen LogP contribution in [0.1, 0.15) is 28.2 Å². The highest BCUT2D eigenvalue weighted by molar-refractivity contribution is 5.99. The van der Waals surface area contributed by atoms with E-state index in [1.54, 1.807) is 18.2 Å². The number of hydrogen-bond donors (Lipinski definition) is 1. The van der Waals surface area contributed by atoms with Gasteiger partial charge in [0.2, 0.25) is 5.91 Å². The maximum atomic E-state index is 12.7. The van der Waals surface area contributed by atoms with Crippen molar-refractivity contribution >= 4 is 28.8 Å². The fourth-order valence-electron chi connectivity index (χ4n) is 2.73. The third-order valence-electron chi connectivity index (χ3n) is 4.20. The molecule has 1 N–H and O–H groups in total. The summed E-state index contributed by atoms with van der Waals surface area (Å²) < 4.78 is 4.68. The summed E-state index contributed by atoms with van der Waals surface area (Å²) in [4.78, 5) is 45.1. The standard InChI is InChI=1S/C17H18N4O4/c1-9-10(2)19-14-6-11(4-5-13(14)18-9)16(23)21-8-12(17(24)25-3)7-15(22)20-21/h4-6,12H,7-8H2,1-3H3,(H,20,22). The highest BCUT2D eigenvalue weighted by atomic mass is 16.5. The largest absolute Gasteiger partial charge is 0.469 e. The molecule has 1 aliphatic heterocycles. The normalized spacial score (nSPS) is 17.3. The third-order valence-corrected chi connectivity index (χ3v) is 4.20. The van der Waals surface area contributed by atoms with Gasteiger partial charge in [-0.3, -0.25) is 19.8 Å². The molecule has 1 aromatic carbocycles. The third kappa shape index (κ3) is 3.28. The highest BCUT2D eigenvalue weighted by Gasteiger charge is 2.33. The molecule has 0 bridgehead atoms. The van der Waals surface area contributed by atoms with E-state index in [9.17, 15) is 14.4 Å². The Bertz CT molecular complexity index is 880. The molecule has 1 fully saturated rings. The first-order chi connectivity index (χ1) is 11.9. The van der Waals surface area contributed by atoms with Gasteiger partial charge in [0, 0.05) is 12.0 Å². The molecule has 1 aliphatic rings. The summed E-state index contributed by atoms with van der Waals surface area (Å²) in [6, 6.07) is 4.97. The molecular formula is C17H18N4O4. The van der Waals surface area contributed by atoms with Crippen molar-refractivity contribution in [1.82, 2.24) is 20.4 Å². The van der Waals surface area contributed by atoms with Gasteiger partial charge in [-0.2, -0.15) is 0 Å². The molecule has 1 atom stereocenters. The zero-order valence-corrected chi connectivity index (χ0v) is 14.2. The SMILES string of the molecule is COC(=O)C1CC(=O)NN(C(=O)c2ccc3nc(C)c(C)nc3c2)C1. The lowest BCUT2D eigenvalue weighted by atomic mass is 10.0. The molecule has 0 aliphatic carbocycles. The second-order valence-corrected chi connectivity index (χ2v) is 5.97. The summed E-state index contributed by atoms with van der Waals surface area (Å²) in [6.45, 7) is 3.78. The maximum Gasteiger partial charge on any atom is 0.311 e. The molecule has 3 rings (SSSR count). The van der Waals surface area contributed by atoms with Crippen molar-refractivity contribution in [1.29, 1.82) is 0 Å². The average Bonchev–Trinajstić information content (AvgIpc) is 2.60.